The number of carbonyl (C=O) groups is 1. The molecular formula is C26H28F2N4O5. The Balaban J connectivity index is 1.78. The maximum Gasteiger partial charge on any atom is 0.275 e. The Morgan fingerprint density at radius 2 is 1.92 bits per heavy atom. The third-order valence-corrected chi connectivity index (χ3v) is 6.43. The van der Waals surface area contributed by atoms with Crippen LogP contribution in [0.25, 0.3) is 5.69 Å². The maximum absolute atomic E-state index is 14.3. The molecule has 0 radical (unpaired) electrons. The molecule has 3 aromatic rings. The van der Waals surface area contributed by atoms with E-state index in [9.17, 15) is 23.5 Å². The molecule has 1 aliphatic rings. The van der Waals surface area contributed by atoms with Gasteiger partial charge in [0.25, 0.3) is 11.5 Å². The molecule has 2 aromatic heterocycles. The minimum absolute atomic E-state index is 0.0445. The summed E-state index contributed by atoms with van der Waals surface area (Å²) in [5.41, 5.74) is -0.977. The van der Waals surface area contributed by atoms with E-state index in [1.54, 1.807) is 18.2 Å². The monoisotopic (exact) mass is 514 g/mol. The third-order valence-electron chi connectivity index (χ3n) is 6.43. The number of nitrogens with zero attached hydrogens (tertiary/aromatic N) is 4. The van der Waals surface area contributed by atoms with Crippen molar-refractivity contribution in [2.75, 3.05) is 27.3 Å². The fourth-order valence-electron chi connectivity index (χ4n) is 4.58. The van der Waals surface area contributed by atoms with Crippen molar-refractivity contribution in [2.24, 2.45) is 0 Å². The highest BCUT2D eigenvalue weighted by Crippen LogP contribution is 2.34. The Bertz CT molecular complexity index is 1360. The summed E-state index contributed by atoms with van der Waals surface area (Å²) in [6.45, 7) is 2.21. The lowest BCUT2D eigenvalue weighted by atomic mass is 10.0. The van der Waals surface area contributed by atoms with Crippen LogP contribution in [0.3, 0.4) is 0 Å². The minimum Gasteiger partial charge on any atom is -0.494 e. The van der Waals surface area contributed by atoms with Crippen LogP contribution in [0.1, 0.15) is 54.0 Å². The fourth-order valence-corrected chi connectivity index (χ4v) is 4.58. The van der Waals surface area contributed by atoms with Crippen molar-refractivity contribution in [1.82, 2.24) is 19.4 Å². The van der Waals surface area contributed by atoms with E-state index in [0.29, 0.717) is 30.8 Å². The van der Waals surface area contributed by atoms with Gasteiger partial charge in [0.2, 0.25) is 5.88 Å². The van der Waals surface area contributed by atoms with Gasteiger partial charge in [0, 0.05) is 31.5 Å². The van der Waals surface area contributed by atoms with Crippen molar-refractivity contribution in [3.63, 3.8) is 0 Å². The zero-order chi connectivity index (χ0) is 26.7. The standard InChI is InChI=1S/C26H28F2N4O5/c1-4-5-9-20-30-24(33)21(26(35)32(20)23-18(36-2)7-6-8-19(23)37-3)25(34)31-11-10-15(14-31)22-17(28)12-16(27)13-29-22/h6-8,12-13,15,33H,4-5,9-11,14H2,1-3H3. The Kier molecular flexibility index (Phi) is 7.70. The predicted molar refractivity (Wildman–Crippen MR) is 131 cm³/mol. The van der Waals surface area contributed by atoms with Crippen molar-refractivity contribution in [2.45, 2.75) is 38.5 Å². The summed E-state index contributed by atoms with van der Waals surface area (Å²) >= 11 is 0. The average Bonchev–Trinajstić information content (AvgIpc) is 3.37. The highest BCUT2D eigenvalue weighted by Gasteiger charge is 2.34. The van der Waals surface area contributed by atoms with Gasteiger partial charge in [-0.05, 0) is 25.0 Å². The molecule has 0 bridgehead atoms. The SMILES string of the molecule is CCCCc1nc(O)c(C(=O)N2CCC(c3ncc(F)cc3F)C2)c(=O)n1-c1c(OC)cccc1OC. The second kappa shape index (κ2) is 10.9. The van der Waals surface area contributed by atoms with Crippen LogP contribution < -0.4 is 15.0 Å². The lowest BCUT2D eigenvalue weighted by molar-refractivity contribution is 0.0784. The molecule has 1 unspecified atom stereocenters. The number of ether oxygens (including phenoxy) is 2. The number of halogens is 2. The summed E-state index contributed by atoms with van der Waals surface area (Å²) < 4.78 is 39.8. The normalized spacial score (nSPS) is 15.2. The van der Waals surface area contributed by atoms with Gasteiger partial charge < -0.3 is 19.5 Å². The Morgan fingerprint density at radius 1 is 1.22 bits per heavy atom. The summed E-state index contributed by atoms with van der Waals surface area (Å²) in [5.74, 6) is -2.60. The third kappa shape index (κ3) is 4.98. The quantitative estimate of drug-likeness (QED) is 0.490. The number of aromatic nitrogens is 3. The van der Waals surface area contributed by atoms with Crippen molar-refractivity contribution < 1.29 is 28.2 Å². The smallest absolute Gasteiger partial charge is 0.275 e. The van der Waals surface area contributed by atoms with E-state index in [1.807, 2.05) is 6.92 Å². The first-order chi connectivity index (χ1) is 17.8. The number of rotatable bonds is 8. The number of pyridine rings is 1. The number of methoxy groups -OCH3 is 2. The van der Waals surface area contributed by atoms with Gasteiger partial charge in [-0.15, -0.1) is 0 Å². The number of unbranched alkanes of at least 4 members (excludes halogenated alkanes) is 1. The fraction of sp³-hybridized carbons (Fsp3) is 0.385. The van der Waals surface area contributed by atoms with Crippen molar-refractivity contribution >= 4 is 5.91 Å². The van der Waals surface area contributed by atoms with E-state index in [2.05, 4.69) is 9.97 Å². The summed E-state index contributed by atoms with van der Waals surface area (Å²) in [6, 6.07) is 5.75. The number of hydrogen-bond donors (Lipinski definition) is 1. The second-order valence-corrected chi connectivity index (χ2v) is 8.74. The molecule has 1 aliphatic heterocycles. The van der Waals surface area contributed by atoms with E-state index < -0.39 is 40.5 Å². The summed E-state index contributed by atoms with van der Waals surface area (Å²) in [7, 11) is 2.89. The van der Waals surface area contributed by atoms with Gasteiger partial charge in [-0.1, -0.05) is 19.4 Å². The number of aromatic hydroxyl groups is 1. The first-order valence-electron chi connectivity index (χ1n) is 12.0. The number of aryl methyl sites for hydroxylation is 1. The Labute approximate surface area is 212 Å². The Morgan fingerprint density at radius 3 is 2.54 bits per heavy atom. The lowest BCUT2D eigenvalue weighted by Crippen LogP contribution is -2.37. The summed E-state index contributed by atoms with van der Waals surface area (Å²) in [5, 5.41) is 10.7. The molecule has 0 aliphatic carbocycles. The Hall–Kier alpha value is -4.02. The molecule has 3 heterocycles. The highest BCUT2D eigenvalue weighted by molar-refractivity contribution is 5.96. The number of amides is 1. The zero-order valence-electron chi connectivity index (χ0n) is 20.8. The van der Waals surface area contributed by atoms with E-state index in [1.165, 1.54) is 23.7 Å². The highest BCUT2D eigenvalue weighted by atomic mass is 19.1. The number of carbonyl (C=O) groups excluding carboxylic acids is 1. The number of benzene rings is 1. The second-order valence-electron chi connectivity index (χ2n) is 8.74. The molecule has 11 heteroatoms. The average molecular weight is 515 g/mol. The largest absolute Gasteiger partial charge is 0.494 e. The topological polar surface area (TPSA) is 107 Å². The van der Waals surface area contributed by atoms with Crippen molar-refractivity contribution in [3.8, 4) is 23.1 Å². The van der Waals surface area contributed by atoms with Crippen LogP contribution in [0.2, 0.25) is 0 Å². The molecule has 9 nitrogen and oxygen atoms in total. The number of hydrogen-bond acceptors (Lipinski definition) is 7. The molecule has 1 atom stereocenters. The van der Waals surface area contributed by atoms with Crippen LogP contribution in [0.5, 0.6) is 17.4 Å². The molecule has 1 saturated heterocycles. The van der Waals surface area contributed by atoms with Crippen LogP contribution in [0.4, 0.5) is 8.78 Å². The van der Waals surface area contributed by atoms with Gasteiger partial charge in [-0.3, -0.25) is 19.1 Å². The molecule has 1 aromatic carbocycles. The maximum atomic E-state index is 14.3. The van der Waals surface area contributed by atoms with Crippen LogP contribution in [-0.4, -0.2) is 57.8 Å². The van der Waals surface area contributed by atoms with Gasteiger partial charge >= 0.3 is 0 Å². The molecule has 196 valence electrons. The van der Waals surface area contributed by atoms with Crippen LogP contribution in [0.15, 0.2) is 35.3 Å². The van der Waals surface area contributed by atoms with Gasteiger partial charge in [-0.2, -0.15) is 4.98 Å². The van der Waals surface area contributed by atoms with Gasteiger partial charge in [0.1, 0.15) is 34.6 Å². The lowest BCUT2D eigenvalue weighted by Gasteiger charge is -2.21. The van der Waals surface area contributed by atoms with E-state index >= 15 is 0 Å². The first-order valence-corrected chi connectivity index (χ1v) is 12.0. The first kappa shape index (κ1) is 26.1. The molecule has 1 N–H and O–H groups in total. The molecule has 1 fully saturated rings. The van der Waals surface area contributed by atoms with Crippen LogP contribution in [-0.2, 0) is 6.42 Å². The number of likely N-dealkylation sites (tertiary alicyclic amines) is 1. The number of para-hydroxylation sites is 1. The van der Waals surface area contributed by atoms with Crippen molar-refractivity contribution in [1.29, 1.82) is 0 Å². The molecule has 0 saturated carbocycles. The molecule has 4 rings (SSSR count). The predicted octanol–water partition coefficient (Wildman–Crippen LogP) is 3.60. The molecule has 0 spiro atoms. The van der Waals surface area contributed by atoms with Gasteiger partial charge in [-0.25, -0.2) is 8.78 Å². The van der Waals surface area contributed by atoms with Crippen LogP contribution in [0, 0.1) is 11.6 Å². The summed E-state index contributed by atoms with van der Waals surface area (Å²) in [4.78, 5) is 36.8. The molecule has 37 heavy (non-hydrogen) atoms. The van der Waals surface area contributed by atoms with E-state index in [-0.39, 0.29) is 30.3 Å². The van der Waals surface area contributed by atoms with E-state index in [0.717, 1.165) is 18.7 Å². The molecule has 1 amide bonds. The van der Waals surface area contributed by atoms with E-state index in [4.69, 9.17) is 9.47 Å². The minimum atomic E-state index is -0.797. The molecular weight excluding hydrogens is 486 g/mol. The van der Waals surface area contributed by atoms with Crippen LogP contribution >= 0.6 is 0 Å². The van der Waals surface area contributed by atoms with Gasteiger partial charge in [0.15, 0.2) is 5.56 Å². The zero-order valence-corrected chi connectivity index (χ0v) is 20.8. The summed E-state index contributed by atoms with van der Waals surface area (Å²) in [6.07, 6.45) is 3.13. The van der Waals surface area contributed by atoms with Crippen molar-refractivity contribution in [3.05, 3.63) is 69.5 Å². The van der Waals surface area contributed by atoms with Gasteiger partial charge in [0.05, 0.1) is 26.1 Å².